The fourth-order valence-electron chi connectivity index (χ4n) is 3.11. The van der Waals surface area contributed by atoms with Gasteiger partial charge in [-0.1, -0.05) is 13.8 Å². The lowest BCUT2D eigenvalue weighted by Crippen LogP contribution is -2.30. The molecule has 2 aromatic rings. The highest BCUT2D eigenvalue weighted by Crippen LogP contribution is 2.26. The molecule has 144 valence electrons. The summed E-state index contributed by atoms with van der Waals surface area (Å²) < 4.78 is 0. The summed E-state index contributed by atoms with van der Waals surface area (Å²) >= 11 is 1.40. The second-order valence-electron chi connectivity index (χ2n) is 7.17. The van der Waals surface area contributed by atoms with Gasteiger partial charge in [-0.3, -0.25) is 14.4 Å². The summed E-state index contributed by atoms with van der Waals surface area (Å²) in [5.41, 5.74) is 0.576. The van der Waals surface area contributed by atoms with E-state index in [0.717, 1.165) is 30.9 Å². The van der Waals surface area contributed by atoms with Crippen LogP contribution in [0.2, 0.25) is 0 Å². The predicted molar refractivity (Wildman–Crippen MR) is 104 cm³/mol. The molecule has 0 aliphatic carbocycles. The molecular weight excluding hydrogens is 364 g/mol. The Morgan fingerprint density at radius 3 is 2.67 bits per heavy atom. The van der Waals surface area contributed by atoms with Crippen molar-refractivity contribution in [2.24, 2.45) is 5.92 Å². The van der Waals surface area contributed by atoms with Crippen LogP contribution in [0.4, 0.5) is 0 Å². The van der Waals surface area contributed by atoms with Gasteiger partial charge >= 0.3 is 0 Å². The number of rotatable bonds is 6. The van der Waals surface area contributed by atoms with Gasteiger partial charge in [0.2, 0.25) is 5.56 Å². The summed E-state index contributed by atoms with van der Waals surface area (Å²) in [4.78, 5) is 45.1. The molecule has 0 unspecified atom stereocenters. The third kappa shape index (κ3) is 4.82. The number of carbonyl (C=O) groups is 2. The number of amides is 2. The Hall–Kier alpha value is -2.48. The molecule has 7 nitrogen and oxygen atoms in total. The zero-order chi connectivity index (χ0) is 19.4. The first-order chi connectivity index (χ1) is 12.9. The average molecular weight is 388 g/mol. The Labute approximate surface area is 161 Å². The van der Waals surface area contributed by atoms with Crippen molar-refractivity contribution in [1.82, 2.24) is 20.2 Å². The van der Waals surface area contributed by atoms with Gasteiger partial charge in [0.05, 0.1) is 11.6 Å². The summed E-state index contributed by atoms with van der Waals surface area (Å²) in [6.45, 7) is 5.71. The van der Waals surface area contributed by atoms with Crippen LogP contribution in [0, 0.1) is 5.92 Å². The molecule has 0 spiro atoms. The van der Waals surface area contributed by atoms with Crippen LogP contribution < -0.4 is 10.9 Å². The molecule has 2 amide bonds. The Bertz CT molecular complexity index is 847. The summed E-state index contributed by atoms with van der Waals surface area (Å²) in [6, 6.07) is 2.53. The van der Waals surface area contributed by atoms with Crippen molar-refractivity contribution in [1.29, 1.82) is 0 Å². The molecular formula is C19H24N4O3S. The standard InChI is InChI=1S/C19H24N4O3S/c1-12(2)9-14(21-17(25)13-5-6-16(24)20-10-13)18-22-15(11-27-18)19(26)23-7-3-4-8-23/h5-6,10-12,14H,3-4,7-9H2,1-2H3,(H,20,24)(H,21,25)/t14-/m0/s1. The Kier molecular flexibility index (Phi) is 6.05. The highest BCUT2D eigenvalue weighted by atomic mass is 32.1. The molecule has 27 heavy (non-hydrogen) atoms. The minimum Gasteiger partial charge on any atom is -0.343 e. The molecule has 1 atom stereocenters. The van der Waals surface area contributed by atoms with E-state index in [-0.39, 0.29) is 23.4 Å². The second-order valence-corrected chi connectivity index (χ2v) is 8.06. The average Bonchev–Trinajstić information content (AvgIpc) is 3.33. The molecule has 0 saturated carbocycles. The smallest absolute Gasteiger partial charge is 0.273 e. The van der Waals surface area contributed by atoms with E-state index in [1.54, 1.807) is 5.38 Å². The zero-order valence-electron chi connectivity index (χ0n) is 15.5. The summed E-state index contributed by atoms with van der Waals surface area (Å²) in [6.07, 6.45) is 4.18. The first-order valence-corrected chi connectivity index (χ1v) is 10.1. The van der Waals surface area contributed by atoms with Crippen molar-refractivity contribution in [3.05, 3.63) is 50.3 Å². The van der Waals surface area contributed by atoms with Gasteiger partial charge in [0.15, 0.2) is 0 Å². The topological polar surface area (TPSA) is 95.2 Å². The molecule has 1 aliphatic rings. The number of likely N-dealkylation sites (tertiary alicyclic amines) is 1. The Morgan fingerprint density at radius 1 is 1.30 bits per heavy atom. The van der Waals surface area contributed by atoms with Crippen molar-refractivity contribution in [2.75, 3.05) is 13.1 Å². The molecule has 1 fully saturated rings. The SMILES string of the molecule is CC(C)C[C@H](NC(=O)c1ccc(=O)[nH]c1)c1nc(C(=O)N2CCCC2)cs1. The monoisotopic (exact) mass is 388 g/mol. The normalized spacial score (nSPS) is 15.1. The number of nitrogens with one attached hydrogen (secondary N) is 2. The van der Waals surface area contributed by atoms with E-state index in [1.807, 2.05) is 4.90 Å². The molecule has 0 aromatic carbocycles. The first-order valence-electron chi connectivity index (χ1n) is 9.18. The van der Waals surface area contributed by atoms with Crippen LogP contribution in [0.25, 0.3) is 0 Å². The maximum Gasteiger partial charge on any atom is 0.273 e. The molecule has 1 saturated heterocycles. The van der Waals surface area contributed by atoms with Crippen molar-refractivity contribution < 1.29 is 9.59 Å². The summed E-state index contributed by atoms with van der Waals surface area (Å²) in [7, 11) is 0. The maximum atomic E-state index is 12.5. The fourth-order valence-corrected chi connectivity index (χ4v) is 3.97. The number of pyridine rings is 1. The molecule has 0 bridgehead atoms. The number of H-pyrrole nitrogens is 1. The number of aromatic amines is 1. The number of hydrogen-bond acceptors (Lipinski definition) is 5. The molecule has 2 aromatic heterocycles. The van der Waals surface area contributed by atoms with Crippen LogP contribution in [-0.4, -0.2) is 39.8 Å². The van der Waals surface area contributed by atoms with E-state index in [2.05, 4.69) is 29.1 Å². The van der Waals surface area contributed by atoms with Crippen LogP contribution in [0.15, 0.2) is 28.5 Å². The highest BCUT2D eigenvalue weighted by Gasteiger charge is 2.25. The molecule has 0 radical (unpaired) electrons. The summed E-state index contributed by atoms with van der Waals surface area (Å²) in [5.74, 6) is 0.0253. The molecule has 8 heteroatoms. The van der Waals surface area contributed by atoms with Crippen LogP contribution in [0.3, 0.4) is 0 Å². The first kappa shape index (κ1) is 19.3. The highest BCUT2D eigenvalue weighted by molar-refractivity contribution is 7.09. The van der Waals surface area contributed by atoms with Crippen molar-refractivity contribution in [3.8, 4) is 0 Å². The van der Waals surface area contributed by atoms with Crippen LogP contribution in [-0.2, 0) is 0 Å². The number of thiazole rings is 1. The number of carbonyl (C=O) groups excluding carboxylic acids is 2. The van der Waals surface area contributed by atoms with E-state index < -0.39 is 0 Å². The van der Waals surface area contributed by atoms with E-state index in [0.29, 0.717) is 23.6 Å². The van der Waals surface area contributed by atoms with Gasteiger partial charge in [-0.05, 0) is 31.2 Å². The minimum absolute atomic E-state index is 0.0368. The lowest BCUT2D eigenvalue weighted by atomic mass is 10.0. The van der Waals surface area contributed by atoms with Gasteiger partial charge in [0.25, 0.3) is 11.8 Å². The van der Waals surface area contributed by atoms with E-state index in [9.17, 15) is 14.4 Å². The Balaban J connectivity index is 1.76. The van der Waals surface area contributed by atoms with Crippen molar-refractivity contribution >= 4 is 23.2 Å². The molecule has 3 rings (SSSR count). The predicted octanol–water partition coefficient (Wildman–Crippen LogP) is 2.58. The lowest BCUT2D eigenvalue weighted by molar-refractivity contribution is 0.0787. The zero-order valence-corrected chi connectivity index (χ0v) is 16.3. The van der Waals surface area contributed by atoms with E-state index in [4.69, 9.17) is 0 Å². The van der Waals surface area contributed by atoms with Crippen LogP contribution in [0.1, 0.15) is 65.0 Å². The van der Waals surface area contributed by atoms with Gasteiger partial charge in [-0.25, -0.2) is 4.98 Å². The number of hydrogen-bond donors (Lipinski definition) is 2. The van der Waals surface area contributed by atoms with Crippen LogP contribution in [0.5, 0.6) is 0 Å². The largest absolute Gasteiger partial charge is 0.343 e. The number of aromatic nitrogens is 2. The van der Waals surface area contributed by atoms with Gasteiger partial charge in [-0.15, -0.1) is 11.3 Å². The molecule has 3 heterocycles. The fraction of sp³-hybridized carbons (Fsp3) is 0.474. The van der Waals surface area contributed by atoms with E-state index in [1.165, 1.54) is 29.7 Å². The second kappa shape index (κ2) is 8.47. The van der Waals surface area contributed by atoms with Gasteiger partial charge in [0.1, 0.15) is 10.7 Å². The van der Waals surface area contributed by atoms with Gasteiger partial charge in [-0.2, -0.15) is 0 Å². The minimum atomic E-state index is -0.283. The lowest BCUT2D eigenvalue weighted by Gasteiger charge is -2.18. The van der Waals surface area contributed by atoms with Crippen molar-refractivity contribution in [3.63, 3.8) is 0 Å². The van der Waals surface area contributed by atoms with Crippen molar-refractivity contribution in [2.45, 2.75) is 39.2 Å². The third-order valence-electron chi connectivity index (χ3n) is 4.49. The molecule has 2 N–H and O–H groups in total. The molecule has 1 aliphatic heterocycles. The number of nitrogens with zero attached hydrogens (tertiary/aromatic N) is 2. The third-order valence-corrected chi connectivity index (χ3v) is 5.45. The van der Waals surface area contributed by atoms with E-state index >= 15 is 0 Å². The van der Waals surface area contributed by atoms with Gasteiger partial charge in [0, 0.05) is 30.7 Å². The van der Waals surface area contributed by atoms with Gasteiger partial charge < -0.3 is 15.2 Å². The van der Waals surface area contributed by atoms with Crippen LogP contribution >= 0.6 is 11.3 Å². The Morgan fingerprint density at radius 2 is 2.04 bits per heavy atom. The quantitative estimate of drug-likeness (QED) is 0.795. The summed E-state index contributed by atoms with van der Waals surface area (Å²) in [5, 5.41) is 5.48. The maximum absolute atomic E-state index is 12.5.